The summed E-state index contributed by atoms with van der Waals surface area (Å²) in [7, 11) is 4.01. The smallest absolute Gasteiger partial charge is 0.307 e. The number of hydrogen-bond donors (Lipinski definition) is 2. The zero-order valence-corrected chi connectivity index (χ0v) is 11.1. The molecule has 0 aromatic heterocycles. The Morgan fingerprint density at radius 1 is 1.33 bits per heavy atom. The Balaban J connectivity index is 2.57. The molecule has 0 fully saturated rings. The van der Waals surface area contributed by atoms with Crippen LogP contribution in [0.25, 0.3) is 0 Å². The fraction of sp³-hybridized carbons (Fsp3) is 0.500. The van der Waals surface area contributed by atoms with Crippen molar-refractivity contribution in [3.8, 4) is 0 Å². The van der Waals surface area contributed by atoms with E-state index in [9.17, 15) is 4.79 Å². The van der Waals surface area contributed by atoms with E-state index in [0.29, 0.717) is 0 Å². The molecule has 0 bridgehead atoms. The van der Waals surface area contributed by atoms with E-state index >= 15 is 0 Å². The van der Waals surface area contributed by atoms with Gasteiger partial charge in [-0.15, -0.1) is 0 Å². The van der Waals surface area contributed by atoms with E-state index in [0.717, 1.165) is 37.2 Å². The zero-order valence-electron chi connectivity index (χ0n) is 11.1. The molecular formula is C14H22N2O2. The maximum absolute atomic E-state index is 10.8. The summed E-state index contributed by atoms with van der Waals surface area (Å²) < 4.78 is 0. The lowest BCUT2D eigenvalue weighted by Gasteiger charge is -2.18. The Hall–Kier alpha value is -1.39. The highest BCUT2D eigenvalue weighted by Gasteiger charge is 2.08. The van der Waals surface area contributed by atoms with Crippen LogP contribution in [0, 0.1) is 0 Å². The number of nitrogens with one attached hydrogen (secondary N) is 1. The van der Waals surface area contributed by atoms with Crippen molar-refractivity contribution in [3.63, 3.8) is 0 Å². The average molecular weight is 250 g/mol. The number of hydrogen-bond acceptors (Lipinski definition) is 3. The molecular weight excluding hydrogens is 228 g/mol. The molecule has 4 nitrogen and oxygen atoms in total. The Bertz CT molecular complexity index is 380. The lowest BCUT2D eigenvalue weighted by atomic mass is 10.0. The number of rotatable bonds is 8. The fourth-order valence-electron chi connectivity index (χ4n) is 1.94. The molecule has 2 N–H and O–H groups in total. The first-order chi connectivity index (χ1) is 8.63. The number of carboxylic acid groups (broad SMARTS) is 1. The van der Waals surface area contributed by atoms with Gasteiger partial charge >= 0.3 is 5.97 Å². The molecule has 0 unspecified atom stereocenters. The van der Waals surface area contributed by atoms with Gasteiger partial charge in [0.1, 0.15) is 0 Å². The molecule has 18 heavy (non-hydrogen) atoms. The Kier molecular flexibility index (Phi) is 6.39. The van der Waals surface area contributed by atoms with Crippen molar-refractivity contribution in [3.05, 3.63) is 35.4 Å². The quantitative estimate of drug-likeness (QED) is 0.684. The first-order valence-corrected chi connectivity index (χ1v) is 6.25. The van der Waals surface area contributed by atoms with Gasteiger partial charge in [-0.1, -0.05) is 24.3 Å². The molecule has 0 aliphatic carbocycles. The molecule has 1 aromatic carbocycles. The average Bonchev–Trinajstić information content (AvgIpc) is 2.31. The molecule has 1 aromatic rings. The summed E-state index contributed by atoms with van der Waals surface area (Å²) >= 11 is 0. The largest absolute Gasteiger partial charge is 0.481 e. The molecule has 0 atom stereocenters. The molecule has 0 saturated heterocycles. The van der Waals surface area contributed by atoms with Gasteiger partial charge in [0.15, 0.2) is 0 Å². The fourth-order valence-corrected chi connectivity index (χ4v) is 1.94. The minimum atomic E-state index is -0.778. The number of carboxylic acids is 1. The number of nitrogens with zero attached hydrogens (tertiary/aromatic N) is 1. The maximum Gasteiger partial charge on any atom is 0.307 e. The highest BCUT2D eigenvalue weighted by Crippen LogP contribution is 2.12. The second-order valence-electron chi connectivity index (χ2n) is 4.53. The Labute approximate surface area is 109 Å². The summed E-state index contributed by atoms with van der Waals surface area (Å²) in [5.41, 5.74) is 2.01. The molecule has 0 spiro atoms. The van der Waals surface area contributed by atoms with Gasteiger partial charge < -0.3 is 15.3 Å². The van der Waals surface area contributed by atoms with Gasteiger partial charge in [0.25, 0.3) is 0 Å². The highest BCUT2D eigenvalue weighted by atomic mass is 16.4. The normalized spacial score (nSPS) is 10.8. The van der Waals surface area contributed by atoms with Crippen LogP contribution in [0.2, 0.25) is 0 Å². The molecule has 0 radical (unpaired) electrons. The molecule has 1 rings (SSSR count). The molecule has 0 amide bonds. The van der Waals surface area contributed by atoms with Crippen molar-refractivity contribution in [2.24, 2.45) is 0 Å². The molecule has 0 saturated carbocycles. The van der Waals surface area contributed by atoms with Crippen LogP contribution in [-0.2, 0) is 17.8 Å². The van der Waals surface area contributed by atoms with E-state index in [4.69, 9.17) is 5.11 Å². The number of aliphatic carboxylic acids is 1. The summed E-state index contributed by atoms with van der Waals surface area (Å²) in [5.74, 6) is -0.778. The van der Waals surface area contributed by atoms with Gasteiger partial charge in [-0.2, -0.15) is 0 Å². The summed E-state index contributed by atoms with van der Waals surface area (Å²) in [4.78, 5) is 13.0. The summed E-state index contributed by atoms with van der Waals surface area (Å²) in [6.45, 7) is 2.80. The standard InChI is InChI=1S/C14H22N2O2/c1-15-8-5-9-16(2)11-13-7-4-3-6-12(13)10-14(17)18/h3-4,6-7,15H,5,8-11H2,1-2H3,(H,17,18). The Morgan fingerprint density at radius 3 is 2.61 bits per heavy atom. The third kappa shape index (κ3) is 5.29. The lowest BCUT2D eigenvalue weighted by Crippen LogP contribution is -2.23. The van der Waals surface area contributed by atoms with Crippen molar-refractivity contribution >= 4 is 5.97 Å². The first kappa shape index (κ1) is 14.7. The minimum Gasteiger partial charge on any atom is -0.481 e. The van der Waals surface area contributed by atoms with Crippen LogP contribution in [0.3, 0.4) is 0 Å². The number of benzene rings is 1. The molecule has 4 heteroatoms. The molecule has 100 valence electrons. The second-order valence-corrected chi connectivity index (χ2v) is 4.53. The van der Waals surface area contributed by atoms with Crippen LogP contribution < -0.4 is 5.32 Å². The third-order valence-electron chi connectivity index (χ3n) is 2.87. The maximum atomic E-state index is 10.8. The minimum absolute atomic E-state index is 0.0977. The monoisotopic (exact) mass is 250 g/mol. The zero-order chi connectivity index (χ0) is 13.4. The summed E-state index contributed by atoms with van der Waals surface area (Å²) in [6, 6.07) is 7.75. The third-order valence-corrected chi connectivity index (χ3v) is 2.87. The van der Waals surface area contributed by atoms with Crippen molar-refractivity contribution < 1.29 is 9.90 Å². The van der Waals surface area contributed by atoms with E-state index in [1.165, 1.54) is 0 Å². The molecule has 0 aliphatic heterocycles. The van der Waals surface area contributed by atoms with Crippen molar-refractivity contribution in [1.29, 1.82) is 0 Å². The van der Waals surface area contributed by atoms with Crippen molar-refractivity contribution in [1.82, 2.24) is 10.2 Å². The van der Waals surface area contributed by atoms with Crippen LogP contribution in [0.5, 0.6) is 0 Å². The van der Waals surface area contributed by atoms with E-state index < -0.39 is 5.97 Å². The van der Waals surface area contributed by atoms with E-state index in [-0.39, 0.29) is 6.42 Å². The predicted octanol–water partition coefficient (Wildman–Crippen LogP) is 1.35. The second kappa shape index (κ2) is 7.84. The van der Waals surface area contributed by atoms with Gasteiger partial charge in [-0.3, -0.25) is 4.79 Å². The van der Waals surface area contributed by atoms with Gasteiger partial charge in [0.2, 0.25) is 0 Å². The van der Waals surface area contributed by atoms with Crippen molar-refractivity contribution in [2.45, 2.75) is 19.4 Å². The summed E-state index contributed by atoms with van der Waals surface area (Å²) in [5, 5.41) is 12.0. The predicted molar refractivity (Wildman–Crippen MR) is 72.7 cm³/mol. The van der Waals surface area contributed by atoms with E-state index in [2.05, 4.69) is 17.3 Å². The van der Waals surface area contributed by atoms with Gasteiger partial charge in [0.05, 0.1) is 6.42 Å². The van der Waals surface area contributed by atoms with Gasteiger partial charge in [-0.05, 0) is 44.7 Å². The van der Waals surface area contributed by atoms with Gasteiger partial charge in [-0.25, -0.2) is 0 Å². The van der Waals surface area contributed by atoms with Crippen LogP contribution in [0.1, 0.15) is 17.5 Å². The van der Waals surface area contributed by atoms with Gasteiger partial charge in [0, 0.05) is 6.54 Å². The lowest BCUT2D eigenvalue weighted by molar-refractivity contribution is -0.136. The highest BCUT2D eigenvalue weighted by molar-refractivity contribution is 5.70. The van der Waals surface area contributed by atoms with Crippen LogP contribution >= 0.6 is 0 Å². The van der Waals surface area contributed by atoms with Crippen LogP contribution in [0.4, 0.5) is 0 Å². The van der Waals surface area contributed by atoms with E-state index in [1.807, 2.05) is 31.3 Å². The summed E-state index contributed by atoms with van der Waals surface area (Å²) in [6.07, 6.45) is 1.19. The van der Waals surface area contributed by atoms with Crippen LogP contribution in [-0.4, -0.2) is 43.2 Å². The molecule has 0 aliphatic rings. The van der Waals surface area contributed by atoms with Crippen LogP contribution in [0.15, 0.2) is 24.3 Å². The van der Waals surface area contributed by atoms with Crippen molar-refractivity contribution in [2.75, 3.05) is 27.2 Å². The number of carbonyl (C=O) groups is 1. The molecule has 0 heterocycles. The van der Waals surface area contributed by atoms with E-state index in [1.54, 1.807) is 0 Å². The first-order valence-electron chi connectivity index (χ1n) is 6.25. The Morgan fingerprint density at radius 2 is 2.00 bits per heavy atom. The SMILES string of the molecule is CNCCCN(C)Cc1ccccc1CC(=O)O. The topological polar surface area (TPSA) is 52.6 Å².